The van der Waals surface area contributed by atoms with Crippen LogP contribution in [0.15, 0.2) is 18.2 Å². The summed E-state index contributed by atoms with van der Waals surface area (Å²) in [5.74, 6) is -0.137. The molecule has 0 spiro atoms. The standard InChI is InChI=1S/C10H9FS/c1-6-3-8(11)5-10-9(6)4-7(2)12-10/h3-5H,1-2H3. The molecule has 1 heterocycles. The van der Waals surface area contributed by atoms with Crippen LogP contribution in [-0.4, -0.2) is 0 Å². The predicted octanol–water partition coefficient (Wildman–Crippen LogP) is 3.66. The molecule has 0 N–H and O–H groups in total. The molecule has 2 rings (SSSR count). The summed E-state index contributed by atoms with van der Waals surface area (Å²) in [7, 11) is 0. The molecule has 0 fully saturated rings. The van der Waals surface area contributed by atoms with E-state index in [-0.39, 0.29) is 5.82 Å². The highest BCUT2D eigenvalue weighted by atomic mass is 32.1. The Labute approximate surface area is 74.6 Å². The molecule has 0 radical (unpaired) electrons. The predicted molar refractivity (Wildman–Crippen MR) is 51.3 cm³/mol. The Morgan fingerprint density at radius 1 is 1.17 bits per heavy atom. The summed E-state index contributed by atoms with van der Waals surface area (Å²) in [6.07, 6.45) is 0. The van der Waals surface area contributed by atoms with Gasteiger partial charge >= 0.3 is 0 Å². The van der Waals surface area contributed by atoms with Crippen LogP contribution >= 0.6 is 11.3 Å². The SMILES string of the molecule is Cc1cc2c(C)cc(F)cc2s1. The van der Waals surface area contributed by atoms with Gasteiger partial charge in [-0.2, -0.15) is 0 Å². The van der Waals surface area contributed by atoms with Gasteiger partial charge in [0, 0.05) is 9.58 Å². The fraction of sp³-hybridized carbons (Fsp3) is 0.200. The third-order valence-corrected chi connectivity index (χ3v) is 2.93. The molecule has 1 aromatic carbocycles. The van der Waals surface area contributed by atoms with E-state index >= 15 is 0 Å². The van der Waals surface area contributed by atoms with E-state index < -0.39 is 0 Å². The Kier molecular flexibility index (Phi) is 1.65. The van der Waals surface area contributed by atoms with Gasteiger partial charge in [-0.05, 0) is 43.0 Å². The van der Waals surface area contributed by atoms with Crippen molar-refractivity contribution in [3.63, 3.8) is 0 Å². The van der Waals surface area contributed by atoms with Crippen LogP contribution < -0.4 is 0 Å². The van der Waals surface area contributed by atoms with Crippen LogP contribution in [0.2, 0.25) is 0 Å². The maximum absolute atomic E-state index is 12.9. The van der Waals surface area contributed by atoms with Gasteiger partial charge in [0.25, 0.3) is 0 Å². The molecule has 62 valence electrons. The van der Waals surface area contributed by atoms with E-state index in [1.165, 1.54) is 10.3 Å². The van der Waals surface area contributed by atoms with Gasteiger partial charge in [-0.3, -0.25) is 0 Å². The second-order valence-corrected chi connectivity index (χ2v) is 4.28. The Hall–Kier alpha value is -0.890. The number of aryl methyl sites for hydroxylation is 2. The van der Waals surface area contributed by atoms with E-state index in [1.54, 1.807) is 23.5 Å². The molecule has 12 heavy (non-hydrogen) atoms. The minimum absolute atomic E-state index is 0.137. The second-order valence-electron chi connectivity index (χ2n) is 2.99. The monoisotopic (exact) mass is 180 g/mol. The second kappa shape index (κ2) is 2.56. The van der Waals surface area contributed by atoms with Gasteiger partial charge in [-0.25, -0.2) is 4.39 Å². The van der Waals surface area contributed by atoms with Crippen molar-refractivity contribution >= 4 is 21.4 Å². The zero-order valence-corrected chi connectivity index (χ0v) is 7.83. The van der Waals surface area contributed by atoms with Gasteiger partial charge in [-0.1, -0.05) is 0 Å². The van der Waals surface area contributed by atoms with Crippen LogP contribution in [0.1, 0.15) is 10.4 Å². The number of thiophene rings is 1. The highest BCUT2D eigenvalue weighted by Crippen LogP contribution is 2.28. The van der Waals surface area contributed by atoms with Crippen molar-refractivity contribution in [3.8, 4) is 0 Å². The lowest BCUT2D eigenvalue weighted by atomic mass is 10.1. The van der Waals surface area contributed by atoms with Crippen molar-refractivity contribution in [3.05, 3.63) is 34.5 Å². The van der Waals surface area contributed by atoms with Gasteiger partial charge in [0.05, 0.1) is 0 Å². The first-order chi connectivity index (χ1) is 5.66. The molecule has 2 heteroatoms. The Balaban J connectivity index is 2.88. The van der Waals surface area contributed by atoms with Crippen molar-refractivity contribution in [2.45, 2.75) is 13.8 Å². The van der Waals surface area contributed by atoms with E-state index in [2.05, 4.69) is 6.07 Å². The van der Waals surface area contributed by atoms with Crippen LogP contribution in [0.3, 0.4) is 0 Å². The summed E-state index contributed by atoms with van der Waals surface area (Å²) in [5.41, 5.74) is 1.02. The molecule has 1 aromatic heterocycles. The minimum atomic E-state index is -0.137. The first kappa shape index (κ1) is 7.74. The molecule has 0 unspecified atom stereocenters. The Morgan fingerprint density at radius 2 is 1.92 bits per heavy atom. The molecule has 0 nitrogen and oxygen atoms in total. The van der Waals surface area contributed by atoms with Crippen molar-refractivity contribution in [1.29, 1.82) is 0 Å². The number of fused-ring (bicyclic) bond motifs is 1. The molecule has 0 atom stereocenters. The summed E-state index contributed by atoms with van der Waals surface area (Å²) >= 11 is 1.64. The van der Waals surface area contributed by atoms with Gasteiger partial charge in [-0.15, -0.1) is 11.3 Å². The molecular formula is C10H9FS. The lowest BCUT2D eigenvalue weighted by Gasteiger charge is -1.94. The normalized spacial score (nSPS) is 10.9. The molecule has 0 aliphatic carbocycles. The van der Waals surface area contributed by atoms with Crippen LogP contribution in [0, 0.1) is 19.7 Å². The average molecular weight is 180 g/mol. The highest BCUT2D eigenvalue weighted by molar-refractivity contribution is 7.19. The number of hydrogen-bond donors (Lipinski definition) is 0. The number of hydrogen-bond acceptors (Lipinski definition) is 1. The van der Waals surface area contributed by atoms with Crippen molar-refractivity contribution < 1.29 is 4.39 Å². The lowest BCUT2D eigenvalue weighted by Crippen LogP contribution is -1.76. The summed E-state index contributed by atoms with van der Waals surface area (Å²) in [6, 6.07) is 5.28. The zero-order chi connectivity index (χ0) is 8.72. The van der Waals surface area contributed by atoms with Gasteiger partial charge in [0.15, 0.2) is 0 Å². The summed E-state index contributed by atoms with van der Waals surface area (Å²) < 4.78 is 14.0. The van der Waals surface area contributed by atoms with Crippen LogP contribution in [-0.2, 0) is 0 Å². The van der Waals surface area contributed by atoms with E-state index in [0.717, 1.165) is 10.3 Å². The third-order valence-electron chi connectivity index (χ3n) is 1.93. The van der Waals surface area contributed by atoms with E-state index in [4.69, 9.17) is 0 Å². The first-order valence-electron chi connectivity index (χ1n) is 3.83. The molecule has 0 amide bonds. The molecular weight excluding hydrogens is 171 g/mol. The third kappa shape index (κ3) is 1.12. The Morgan fingerprint density at radius 3 is 2.67 bits per heavy atom. The van der Waals surface area contributed by atoms with Crippen LogP contribution in [0.5, 0.6) is 0 Å². The smallest absolute Gasteiger partial charge is 0.124 e. The molecule has 0 aliphatic heterocycles. The first-order valence-corrected chi connectivity index (χ1v) is 4.65. The molecule has 0 saturated heterocycles. The summed E-state index contributed by atoms with van der Waals surface area (Å²) in [4.78, 5) is 1.23. The fourth-order valence-electron chi connectivity index (χ4n) is 1.40. The maximum atomic E-state index is 12.9. The number of rotatable bonds is 0. The van der Waals surface area contributed by atoms with E-state index in [9.17, 15) is 4.39 Å². The molecule has 2 aromatic rings. The van der Waals surface area contributed by atoms with Crippen molar-refractivity contribution in [2.75, 3.05) is 0 Å². The topological polar surface area (TPSA) is 0 Å². The molecule has 0 saturated carbocycles. The quantitative estimate of drug-likeness (QED) is 0.580. The van der Waals surface area contributed by atoms with Crippen LogP contribution in [0.25, 0.3) is 10.1 Å². The highest BCUT2D eigenvalue weighted by Gasteiger charge is 2.03. The summed E-state index contributed by atoms with van der Waals surface area (Å²) in [5, 5.41) is 1.18. The van der Waals surface area contributed by atoms with Crippen molar-refractivity contribution in [2.24, 2.45) is 0 Å². The average Bonchev–Trinajstić information content (AvgIpc) is 2.29. The molecule has 0 aliphatic rings. The van der Waals surface area contributed by atoms with E-state index in [1.807, 2.05) is 13.8 Å². The largest absolute Gasteiger partial charge is 0.207 e. The van der Waals surface area contributed by atoms with Gasteiger partial charge in [0.1, 0.15) is 5.82 Å². The Bertz CT molecular complexity index is 429. The number of benzene rings is 1. The van der Waals surface area contributed by atoms with Gasteiger partial charge < -0.3 is 0 Å². The minimum Gasteiger partial charge on any atom is -0.207 e. The summed E-state index contributed by atoms with van der Waals surface area (Å²) in [6.45, 7) is 3.99. The lowest BCUT2D eigenvalue weighted by molar-refractivity contribution is 0.629. The fourth-order valence-corrected chi connectivity index (χ4v) is 2.42. The van der Waals surface area contributed by atoms with Crippen LogP contribution in [0.4, 0.5) is 4.39 Å². The number of halogens is 1. The van der Waals surface area contributed by atoms with Crippen molar-refractivity contribution in [1.82, 2.24) is 0 Å². The maximum Gasteiger partial charge on any atom is 0.124 e. The zero-order valence-electron chi connectivity index (χ0n) is 7.02. The molecule has 0 bridgehead atoms. The van der Waals surface area contributed by atoms with E-state index in [0.29, 0.717) is 0 Å². The van der Waals surface area contributed by atoms with Gasteiger partial charge in [0.2, 0.25) is 0 Å².